The first-order valence-corrected chi connectivity index (χ1v) is 10.2. The summed E-state index contributed by atoms with van der Waals surface area (Å²) in [6.45, 7) is 7.26. The largest absolute Gasteiger partial charge is 0.495 e. The second-order valence-electron chi connectivity index (χ2n) is 6.09. The highest BCUT2D eigenvalue weighted by Crippen LogP contribution is 2.26. The molecule has 0 saturated heterocycles. The lowest BCUT2D eigenvalue weighted by atomic mass is 10.2. The maximum atomic E-state index is 12.5. The van der Waals surface area contributed by atoms with E-state index < -0.39 is 0 Å². The summed E-state index contributed by atoms with van der Waals surface area (Å²) in [6, 6.07) is 5.62. The van der Waals surface area contributed by atoms with Crippen LogP contribution in [0.3, 0.4) is 0 Å². The van der Waals surface area contributed by atoms with Gasteiger partial charge >= 0.3 is 0 Å². The molecule has 0 aliphatic carbocycles. The summed E-state index contributed by atoms with van der Waals surface area (Å²) in [5.41, 5.74) is 1.66. The van der Waals surface area contributed by atoms with E-state index in [-0.39, 0.29) is 11.7 Å². The van der Waals surface area contributed by atoms with Crippen molar-refractivity contribution in [2.45, 2.75) is 25.9 Å². The molecule has 0 unspecified atom stereocenters. The number of nitrogens with zero attached hydrogens (tertiary/aromatic N) is 5. The molecule has 0 fully saturated rings. The number of amides is 1. The summed E-state index contributed by atoms with van der Waals surface area (Å²) in [4.78, 5) is 21.3. The van der Waals surface area contributed by atoms with Crippen molar-refractivity contribution in [1.29, 1.82) is 0 Å². The molecule has 154 valence electrons. The number of nitrogens with one attached hydrogen (secondary N) is 3. The monoisotopic (exact) mass is 416 g/mol. The van der Waals surface area contributed by atoms with Crippen LogP contribution in [0.25, 0.3) is 5.78 Å². The van der Waals surface area contributed by atoms with Gasteiger partial charge in [0.25, 0.3) is 5.78 Å². The Kier molecular flexibility index (Phi) is 6.70. The van der Waals surface area contributed by atoms with Crippen molar-refractivity contribution in [3.8, 4) is 5.75 Å². The average Bonchev–Trinajstić information content (AvgIpc) is 3.10. The Hall–Kier alpha value is -3.08. The molecule has 3 N–H and O–H groups in total. The topological polar surface area (TPSA) is 118 Å². The Morgan fingerprint density at radius 2 is 1.97 bits per heavy atom. The first-order chi connectivity index (χ1) is 14.0. The SMILES string of the molecule is CCNc1nc(NCC)n2c(SCC(=O)Nc3cc(C)ccc3OC)nnc2n1. The fraction of sp³-hybridized carbons (Fsp3) is 0.389. The van der Waals surface area contributed by atoms with E-state index in [1.165, 1.54) is 11.8 Å². The van der Waals surface area contributed by atoms with E-state index >= 15 is 0 Å². The molecular formula is C18H24N8O2S. The second kappa shape index (κ2) is 9.41. The smallest absolute Gasteiger partial charge is 0.261 e. The number of fused-ring (bicyclic) bond motifs is 1. The van der Waals surface area contributed by atoms with Gasteiger partial charge in [-0.2, -0.15) is 9.97 Å². The van der Waals surface area contributed by atoms with Gasteiger partial charge in [-0.25, -0.2) is 4.40 Å². The van der Waals surface area contributed by atoms with Crippen LogP contribution >= 0.6 is 11.8 Å². The molecular weight excluding hydrogens is 392 g/mol. The Labute approximate surface area is 172 Å². The molecule has 2 heterocycles. The Morgan fingerprint density at radius 1 is 1.17 bits per heavy atom. The molecule has 29 heavy (non-hydrogen) atoms. The zero-order chi connectivity index (χ0) is 20.8. The van der Waals surface area contributed by atoms with Gasteiger partial charge in [0.05, 0.1) is 18.6 Å². The van der Waals surface area contributed by atoms with Crippen LogP contribution in [0.15, 0.2) is 23.4 Å². The molecule has 10 nitrogen and oxygen atoms in total. The third-order valence-electron chi connectivity index (χ3n) is 3.88. The maximum Gasteiger partial charge on any atom is 0.261 e. The Balaban J connectivity index is 1.76. The Morgan fingerprint density at radius 3 is 2.69 bits per heavy atom. The van der Waals surface area contributed by atoms with Crippen molar-refractivity contribution >= 4 is 41.0 Å². The summed E-state index contributed by atoms with van der Waals surface area (Å²) in [6.07, 6.45) is 0. The first kappa shape index (κ1) is 20.6. The van der Waals surface area contributed by atoms with Crippen molar-refractivity contribution in [3.63, 3.8) is 0 Å². The molecule has 1 aromatic carbocycles. The number of aryl methyl sites for hydroxylation is 1. The molecule has 3 rings (SSSR count). The van der Waals surface area contributed by atoms with Gasteiger partial charge in [-0.3, -0.25) is 4.79 Å². The predicted octanol–water partition coefficient (Wildman–Crippen LogP) is 2.43. The standard InChI is InChI=1S/C18H24N8O2S/c1-5-19-15-22-16(20-6-2)26-17(23-15)24-25-18(26)29-10-14(27)21-12-9-11(3)7-8-13(12)28-4/h7-9H,5-6,10H2,1-4H3,(H,21,27)(H2,19,20,22,23,24). The summed E-state index contributed by atoms with van der Waals surface area (Å²) >= 11 is 1.26. The van der Waals surface area contributed by atoms with E-state index in [0.29, 0.717) is 47.4 Å². The summed E-state index contributed by atoms with van der Waals surface area (Å²) in [5.74, 6) is 2.05. The van der Waals surface area contributed by atoms with Crippen molar-refractivity contribution < 1.29 is 9.53 Å². The fourth-order valence-corrected chi connectivity index (χ4v) is 3.36. The molecule has 0 aliphatic rings. The number of methoxy groups -OCH3 is 1. The lowest BCUT2D eigenvalue weighted by Gasteiger charge is -2.11. The minimum absolute atomic E-state index is 0.151. The van der Waals surface area contributed by atoms with Gasteiger partial charge in [0, 0.05) is 13.1 Å². The normalized spacial score (nSPS) is 10.8. The number of hydrogen-bond donors (Lipinski definition) is 3. The lowest BCUT2D eigenvalue weighted by Crippen LogP contribution is -2.15. The van der Waals surface area contributed by atoms with Gasteiger partial charge in [0.1, 0.15) is 5.75 Å². The summed E-state index contributed by atoms with van der Waals surface area (Å²) in [5, 5.41) is 18.0. The molecule has 0 spiro atoms. The lowest BCUT2D eigenvalue weighted by molar-refractivity contribution is -0.113. The van der Waals surface area contributed by atoms with Gasteiger partial charge in [0.15, 0.2) is 5.16 Å². The van der Waals surface area contributed by atoms with E-state index in [4.69, 9.17) is 4.74 Å². The van der Waals surface area contributed by atoms with Crippen molar-refractivity contribution in [1.82, 2.24) is 24.6 Å². The summed E-state index contributed by atoms with van der Waals surface area (Å²) < 4.78 is 7.01. The van der Waals surface area contributed by atoms with Crippen molar-refractivity contribution in [2.75, 3.05) is 41.9 Å². The third kappa shape index (κ3) is 4.86. The van der Waals surface area contributed by atoms with Crippen LogP contribution in [0.2, 0.25) is 0 Å². The minimum Gasteiger partial charge on any atom is -0.495 e. The third-order valence-corrected chi connectivity index (χ3v) is 4.81. The molecule has 1 amide bonds. The number of ether oxygens (including phenoxy) is 1. The number of benzene rings is 1. The van der Waals surface area contributed by atoms with Crippen LogP contribution in [0.4, 0.5) is 17.6 Å². The quantitative estimate of drug-likeness (QED) is 0.452. The van der Waals surface area contributed by atoms with E-state index in [9.17, 15) is 4.79 Å². The fourth-order valence-electron chi connectivity index (χ4n) is 2.63. The van der Waals surface area contributed by atoms with Crippen molar-refractivity contribution in [3.05, 3.63) is 23.8 Å². The molecule has 0 atom stereocenters. The number of aromatic nitrogens is 5. The molecule has 0 bridgehead atoms. The highest BCUT2D eigenvalue weighted by atomic mass is 32.2. The van der Waals surface area contributed by atoms with Gasteiger partial charge in [-0.15, -0.1) is 10.2 Å². The zero-order valence-corrected chi connectivity index (χ0v) is 17.6. The molecule has 11 heteroatoms. The Bertz CT molecular complexity index is 1010. The highest BCUT2D eigenvalue weighted by Gasteiger charge is 2.16. The number of anilines is 3. The van der Waals surface area contributed by atoms with E-state index in [0.717, 1.165) is 5.56 Å². The van der Waals surface area contributed by atoms with Crippen molar-refractivity contribution in [2.24, 2.45) is 0 Å². The molecule has 0 saturated carbocycles. The second-order valence-corrected chi connectivity index (χ2v) is 7.03. The van der Waals surface area contributed by atoms with E-state index in [1.54, 1.807) is 11.5 Å². The van der Waals surface area contributed by atoms with Gasteiger partial charge in [-0.1, -0.05) is 17.8 Å². The molecule has 0 aliphatic heterocycles. The van der Waals surface area contributed by atoms with E-state index in [2.05, 4.69) is 36.1 Å². The molecule has 0 radical (unpaired) electrons. The van der Waals surface area contributed by atoms with Gasteiger partial charge < -0.3 is 20.7 Å². The van der Waals surface area contributed by atoms with Crippen LogP contribution in [0.1, 0.15) is 19.4 Å². The van der Waals surface area contributed by atoms with Crippen LogP contribution in [0, 0.1) is 6.92 Å². The number of carbonyl (C=O) groups excluding carboxylic acids is 1. The van der Waals surface area contributed by atoms with Crippen LogP contribution < -0.4 is 20.7 Å². The van der Waals surface area contributed by atoms with Crippen LogP contribution in [-0.2, 0) is 4.79 Å². The highest BCUT2D eigenvalue weighted by molar-refractivity contribution is 7.99. The van der Waals surface area contributed by atoms with E-state index in [1.807, 2.05) is 39.0 Å². The molecule has 2 aromatic heterocycles. The average molecular weight is 417 g/mol. The predicted molar refractivity (Wildman–Crippen MR) is 114 cm³/mol. The zero-order valence-electron chi connectivity index (χ0n) is 16.8. The van der Waals surface area contributed by atoms with Crippen LogP contribution in [0.5, 0.6) is 5.75 Å². The van der Waals surface area contributed by atoms with Gasteiger partial charge in [-0.05, 0) is 38.5 Å². The molecule has 3 aromatic rings. The van der Waals surface area contributed by atoms with Crippen LogP contribution in [-0.4, -0.2) is 56.4 Å². The number of carbonyl (C=O) groups is 1. The van der Waals surface area contributed by atoms with Gasteiger partial charge in [0.2, 0.25) is 17.8 Å². The summed E-state index contributed by atoms with van der Waals surface area (Å²) in [7, 11) is 1.57. The maximum absolute atomic E-state index is 12.5. The number of rotatable bonds is 9. The minimum atomic E-state index is -0.175. The number of thioether (sulfide) groups is 1. The first-order valence-electron chi connectivity index (χ1n) is 9.23. The number of hydrogen-bond acceptors (Lipinski definition) is 9.